The summed E-state index contributed by atoms with van der Waals surface area (Å²) in [7, 11) is 1.56. The van der Waals surface area contributed by atoms with E-state index in [9.17, 15) is 14.7 Å². The number of hydrogen-bond acceptors (Lipinski definition) is 6. The first-order valence-corrected chi connectivity index (χ1v) is 9.97. The number of nitrogens with zero attached hydrogens (tertiary/aromatic N) is 1. The summed E-state index contributed by atoms with van der Waals surface area (Å²) in [4.78, 5) is 29.0. The number of ketones is 1. The van der Waals surface area contributed by atoms with E-state index in [1.807, 2.05) is 6.07 Å². The molecule has 1 atom stereocenters. The van der Waals surface area contributed by atoms with Crippen molar-refractivity contribution < 1.29 is 33.5 Å². The van der Waals surface area contributed by atoms with E-state index in [1.54, 1.807) is 36.3 Å². The van der Waals surface area contributed by atoms with Crippen LogP contribution in [-0.4, -0.2) is 68.2 Å². The van der Waals surface area contributed by atoms with Crippen LogP contribution < -0.4 is 9.64 Å². The fourth-order valence-corrected chi connectivity index (χ4v) is 4.00. The average molecular weight is 413 g/mol. The van der Waals surface area contributed by atoms with Gasteiger partial charge < -0.3 is 28.8 Å². The molecule has 1 fully saturated rings. The highest BCUT2D eigenvalue weighted by atomic mass is 16.5. The number of aliphatic hydroxyl groups is 1. The minimum absolute atomic E-state index is 0.0279. The number of nitrogens with one attached hydrogen (secondary N) is 1. The number of rotatable bonds is 7. The largest absolute Gasteiger partial charge is 0.503 e. The second kappa shape index (κ2) is 8.73. The number of quaternary nitrogens is 1. The van der Waals surface area contributed by atoms with Gasteiger partial charge in [-0.05, 0) is 29.8 Å². The van der Waals surface area contributed by atoms with Crippen molar-refractivity contribution in [1.29, 1.82) is 0 Å². The van der Waals surface area contributed by atoms with Crippen LogP contribution in [0, 0.1) is 0 Å². The molecule has 0 spiro atoms. The summed E-state index contributed by atoms with van der Waals surface area (Å²) >= 11 is 0. The van der Waals surface area contributed by atoms with Gasteiger partial charge in [0.05, 0.1) is 51.3 Å². The van der Waals surface area contributed by atoms with Crippen molar-refractivity contribution in [3.63, 3.8) is 0 Å². The molecule has 3 heterocycles. The molecular weight excluding hydrogens is 388 g/mol. The molecular formula is C22H25N2O6+. The molecule has 8 heteroatoms. The molecule has 1 saturated heterocycles. The van der Waals surface area contributed by atoms with Crippen LogP contribution in [0.15, 0.2) is 58.4 Å². The summed E-state index contributed by atoms with van der Waals surface area (Å²) in [6.07, 6.45) is 1.39. The van der Waals surface area contributed by atoms with Gasteiger partial charge in [0.25, 0.3) is 5.91 Å². The maximum absolute atomic E-state index is 13.1. The molecule has 1 amide bonds. The molecule has 2 aliphatic heterocycles. The normalized spacial score (nSPS) is 20.1. The predicted molar refractivity (Wildman–Crippen MR) is 107 cm³/mol. The smallest absolute Gasteiger partial charge is 0.290 e. The molecule has 8 nitrogen and oxygen atoms in total. The number of aliphatic hydroxyl groups excluding tert-OH is 1. The van der Waals surface area contributed by atoms with Gasteiger partial charge in [-0.15, -0.1) is 0 Å². The monoisotopic (exact) mass is 413 g/mol. The summed E-state index contributed by atoms with van der Waals surface area (Å²) in [6, 6.07) is 9.60. The zero-order chi connectivity index (χ0) is 21.1. The number of furan rings is 1. The van der Waals surface area contributed by atoms with Gasteiger partial charge >= 0.3 is 0 Å². The average Bonchev–Trinajstić information content (AvgIpc) is 3.40. The van der Waals surface area contributed by atoms with Gasteiger partial charge in [-0.1, -0.05) is 12.1 Å². The maximum Gasteiger partial charge on any atom is 0.290 e. The lowest BCUT2D eigenvalue weighted by molar-refractivity contribution is -0.907. The molecule has 1 aromatic carbocycles. The third-order valence-corrected chi connectivity index (χ3v) is 5.61. The molecule has 158 valence electrons. The number of carbonyl (C=O) groups excluding carboxylic acids is 2. The molecule has 0 unspecified atom stereocenters. The number of ether oxygens (including phenoxy) is 2. The second-order valence-electron chi connectivity index (χ2n) is 7.36. The van der Waals surface area contributed by atoms with Crippen LogP contribution >= 0.6 is 0 Å². The molecule has 0 bridgehead atoms. The Balaban J connectivity index is 1.68. The Morgan fingerprint density at radius 3 is 2.77 bits per heavy atom. The molecule has 0 radical (unpaired) electrons. The first-order valence-electron chi connectivity index (χ1n) is 9.97. The van der Waals surface area contributed by atoms with Gasteiger partial charge in [0.2, 0.25) is 5.78 Å². The van der Waals surface area contributed by atoms with Crippen LogP contribution in [0.2, 0.25) is 0 Å². The van der Waals surface area contributed by atoms with Crippen LogP contribution in [-0.2, 0) is 9.53 Å². The lowest BCUT2D eigenvalue weighted by Gasteiger charge is -2.30. The van der Waals surface area contributed by atoms with Gasteiger partial charge in [0.1, 0.15) is 18.8 Å². The Morgan fingerprint density at radius 2 is 2.07 bits per heavy atom. The van der Waals surface area contributed by atoms with Gasteiger partial charge in [-0.2, -0.15) is 0 Å². The summed E-state index contributed by atoms with van der Waals surface area (Å²) in [5.41, 5.74) is 0.721. The Morgan fingerprint density at radius 1 is 1.27 bits per heavy atom. The van der Waals surface area contributed by atoms with Crippen LogP contribution in [0.4, 0.5) is 0 Å². The molecule has 2 aromatic rings. The van der Waals surface area contributed by atoms with Crippen LogP contribution in [0.1, 0.15) is 22.2 Å². The van der Waals surface area contributed by atoms with Gasteiger partial charge in [-0.3, -0.25) is 9.59 Å². The number of methoxy groups -OCH3 is 1. The Hall–Kier alpha value is -3.10. The van der Waals surface area contributed by atoms with Crippen molar-refractivity contribution >= 4 is 11.7 Å². The highest BCUT2D eigenvalue weighted by Gasteiger charge is 2.44. The number of hydrogen-bond donors (Lipinski definition) is 2. The molecule has 0 saturated carbocycles. The van der Waals surface area contributed by atoms with E-state index >= 15 is 0 Å². The van der Waals surface area contributed by atoms with E-state index in [4.69, 9.17) is 13.9 Å². The lowest BCUT2D eigenvalue weighted by Crippen LogP contribution is -3.14. The topological polar surface area (TPSA) is 93.7 Å². The predicted octanol–water partition coefficient (Wildman–Crippen LogP) is 0.782. The van der Waals surface area contributed by atoms with E-state index in [0.29, 0.717) is 37.6 Å². The Labute approximate surface area is 174 Å². The van der Waals surface area contributed by atoms with Crippen molar-refractivity contribution in [2.45, 2.75) is 6.04 Å². The van der Waals surface area contributed by atoms with Crippen LogP contribution in [0.25, 0.3) is 0 Å². The van der Waals surface area contributed by atoms with E-state index < -0.39 is 23.5 Å². The highest BCUT2D eigenvalue weighted by molar-refractivity contribution is 6.15. The third kappa shape index (κ3) is 3.83. The SMILES string of the molecule is COc1cccc([C@H]2C(C(=O)c3ccco3)=C(O)C(=O)N2CC[NH+]2CCOCC2)c1. The number of benzene rings is 1. The molecule has 4 rings (SSSR count). The maximum atomic E-state index is 13.1. The zero-order valence-corrected chi connectivity index (χ0v) is 16.8. The Bertz CT molecular complexity index is 946. The quantitative estimate of drug-likeness (QED) is 0.652. The molecule has 0 aliphatic carbocycles. The number of morpholine rings is 1. The highest BCUT2D eigenvalue weighted by Crippen LogP contribution is 2.39. The standard InChI is InChI=1S/C22H24N2O6/c1-28-16-5-2-4-15(14-16)19-18(20(25)17-6-3-11-30-17)21(26)22(27)24(19)8-7-23-9-12-29-13-10-23/h2-6,11,14,19,26H,7-10,12-13H2,1H3/p+1/t19-/m0/s1. The summed E-state index contributed by atoms with van der Waals surface area (Å²) in [5, 5.41) is 10.7. The minimum atomic E-state index is -0.717. The van der Waals surface area contributed by atoms with E-state index in [-0.39, 0.29) is 11.3 Å². The molecule has 2 N–H and O–H groups in total. The fraction of sp³-hybridized carbons (Fsp3) is 0.364. The van der Waals surface area contributed by atoms with Crippen molar-refractivity contribution in [3.8, 4) is 5.75 Å². The second-order valence-corrected chi connectivity index (χ2v) is 7.36. The molecule has 30 heavy (non-hydrogen) atoms. The summed E-state index contributed by atoms with van der Waals surface area (Å²) in [6.45, 7) is 4.20. The number of carbonyl (C=O) groups is 2. The van der Waals surface area contributed by atoms with Gasteiger partial charge in [0.15, 0.2) is 11.5 Å². The van der Waals surface area contributed by atoms with E-state index in [1.165, 1.54) is 17.2 Å². The van der Waals surface area contributed by atoms with Crippen molar-refractivity contribution in [2.24, 2.45) is 0 Å². The van der Waals surface area contributed by atoms with Crippen LogP contribution in [0.5, 0.6) is 5.75 Å². The Kier molecular flexibility index (Phi) is 5.87. The number of Topliss-reactive ketones (excluding diaryl/α,β-unsaturated/α-hetero) is 1. The number of amides is 1. The first-order chi connectivity index (χ1) is 14.6. The van der Waals surface area contributed by atoms with Crippen molar-refractivity contribution in [3.05, 3.63) is 65.3 Å². The first kappa shape index (κ1) is 20.2. The zero-order valence-electron chi connectivity index (χ0n) is 16.8. The van der Waals surface area contributed by atoms with Crippen LogP contribution in [0.3, 0.4) is 0 Å². The summed E-state index contributed by atoms with van der Waals surface area (Å²) in [5.74, 6) is -0.890. The minimum Gasteiger partial charge on any atom is -0.503 e. The van der Waals surface area contributed by atoms with Crippen molar-refractivity contribution in [2.75, 3.05) is 46.5 Å². The molecule has 1 aromatic heterocycles. The third-order valence-electron chi connectivity index (χ3n) is 5.61. The van der Waals surface area contributed by atoms with Gasteiger partial charge in [-0.25, -0.2) is 0 Å². The lowest BCUT2D eigenvalue weighted by atomic mass is 9.95. The van der Waals surface area contributed by atoms with Gasteiger partial charge in [0, 0.05) is 0 Å². The van der Waals surface area contributed by atoms with E-state index in [0.717, 1.165) is 13.1 Å². The summed E-state index contributed by atoms with van der Waals surface area (Å²) < 4.78 is 16.0. The van der Waals surface area contributed by atoms with E-state index in [2.05, 4.69) is 0 Å². The fourth-order valence-electron chi connectivity index (χ4n) is 4.00. The molecule has 2 aliphatic rings. The van der Waals surface area contributed by atoms with Crippen molar-refractivity contribution in [1.82, 2.24) is 4.90 Å².